The quantitative estimate of drug-likeness (QED) is 0.567. The number of carbonyl (C=O) groups excluding carboxylic acids is 1. The Balaban J connectivity index is 1.76. The predicted molar refractivity (Wildman–Crippen MR) is 103 cm³/mol. The summed E-state index contributed by atoms with van der Waals surface area (Å²) < 4.78 is 40.7. The van der Waals surface area contributed by atoms with E-state index in [2.05, 4.69) is 20.2 Å². The third-order valence-electron chi connectivity index (χ3n) is 3.88. The summed E-state index contributed by atoms with van der Waals surface area (Å²) in [5.41, 5.74) is 1.66. The maximum atomic E-state index is 13.1. The molecule has 0 saturated heterocycles. The zero-order chi connectivity index (χ0) is 20.3. The highest BCUT2D eigenvalue weighted by molar-refractivity contribution is 7.92. The SMILES string of the molecule is Cc1ccc(NS(=O)(=O)c2[nH]ncc2C(=O)NCc2ccc(F)cc2Cl)cc1. The van der Waals surface area contributed by atoms with E-state index in [-0.39, 0.29) is 22.2 Å². The predicted octanol–water partition coefficient (Wildman–Crippen LogP) is 3.24. The average Bonchev–Trinajstić information content (AvgIpc) is 3.13. The number of carbonyl (C=O) groups is 1. The maximum Gasteiger partial charge on any atom is 0.279 e. The van der Waals surface area contributed by atoms with Gasteiger partial charge in [-0.1, -0.05) is 35.4 Å². The van der Waals surface area contributed by atoms with Gasteiger partial charge in [0.25, 0.3) is 15.9 Å². The van der Waals surface area contributed by atoms with E-state index in [0.717, 1.165) is 17.8 Å². The molecule has 0 unspecified atom stereocenters. The number of nitrogens with one attached hydrogen (secondary N) is 3. The molecule has 0 bridgehead atoms. The summed E-state index contributed by atoms with van der Waals surface area (Å²) in [6, 6.07) is 10.5. The molecule has 0 aliphatic rings. The van der Waals surface area contributed by atoms with Crippen LogP contribution in [0.2, 0.25) is 5.02 Å². The van der Waals surface area contributed by atoms with E-state index in [4.69, 9.17) is 11.6 Å². The number of hydrogen-bond donors (Lipinski definition) is 3. The second-order valence-corrected chi connectivity index (χ2v) is 8.03. The summed E-state index contributed by atoms with van der Waals surface area (Å²) in [6.45, 7) is 1.87. The van der Waals surface area contributed by atoms with E-state index >= 15 is 0 Å². The Morgan fingerprint density at radius 3 is 2.61 bits per heavy atom. The van der Waals surface area contributed by atoms with Crippen molar-refractivity contribution in [1.82, 2.24) is 15.5 Å². The zero-order valence-electron chi connectivity index (χ0n) is 14.7. The third-order valence-corrected chi connectivity index (χ3v) is 5.58. The van der Waals surface area contributed by atoms with Crippen molar-refractivity contribution in [2.75, 3.05) is 4.72 Å². The number of sulfonamides is 1. The molecule has 0 aliphatic heterocycles. The second kappa shape index (κ2) is 7.99. The minimum atomic E-state index is -4.06. The standard InChI is InChI=1S/C18H16ClFN4O3S/c1-11-2-6-14(7-3-11)24-28(26,27)18-15(10-22-23-18)17(25)21-9-12-4-5-13(20)8-16(12)19/h2-8,10,24H,9H2,1H3,(H,21,25)(H,22,23). The van der Waals surface area contributed by atoms with Crippen LogP contribution in [0.25, 0.3) is 0 Å². The summed E-state index contributed by atoms with van der Waals surface area (Å²) in [6.07, 6.45) is 1.12. The fraction of sp³-hybridized carbons (Fsp3) is 0.111. The maximum absolute atomic E-state index is 13.1. The van der Waals surface area contributed by atoms with E-state index in [9.17, 15) is 17.6 Å². The van der Waals surface area contributed by atoms with Gasteiger partial charge in [-0.25, -0.2) is 4.39 Å². The Labute approximate surface area is 166 Å². The average molecular weight is 423 g/mol. The Bertz CT molecular complexity index is 1110. The lowest BCUT2D eigenvalue weighted by molar-refractivity contribution is 0.0947. The molecule has 146 valence electrons. The van der Waals surface area contributed by atoms with Crippen LogP contribution >= 0.6 is 11.6 Å². The van der Waals surface area contributed by atoms with Crippen LogP contribution in [0.3, 0.4) is 0 Å². The molecule has 0 atom stereocenters. The number of aromatic nitrogens is 2. The van der Waals surface area contributed by atoms with Gasteiger partial charge in [-0.05, 0) is 36.8 Å². The molecule has 0 aliphatic carbocycles. The summed E-state index contributed by atoms with van der Waals surface area (Å²) in [7, 11) is -4.06. The highest BCUT2D eigenvalue weighted by atomic mass is 35.5. The largest absolute Gasteiger partial charge is 0.348 e. The van der Waals surface area contributed by atoms with Crippen molar-refractivity contribution in [2.45, 2.75) is 18.5 Å². The van der Waals surface area contributed by atoms with Crippen molar-refractivity contribution >= 4 is 33.2 Å². The first kappa shape index (κ1) is 19.8. The van der Waals surface area contributed by atoms with Gasteiger partial charge in [-0.2, -0.15) is 13.5 Å². The van der Waals surface area contributed by atoms with Gasteiger partial charge in [0, 0.05) is 17.3 Å². The number of H-pyrrole nitrogens is 1. The lowest BCUT2D eigenvalue weighted by Gasteiger charge is -2.10. The lowest BCUT2D eigenvalue weighted by Crippen LogP contribution is -2.25. The summed E-state index contributed by atoms with van der Waals surface area (Å²) in [4.78, 5) is 12.4. The van der Waals surface area contributed by atoms with Gasteiger partial charge in [0.15, 0.2) is 5.03 Å². The van der Waals surface area contributed by atoms with Crippen LogP contribution in [-0.4, -0.2) is 24.5 Å². The lowest BCUT2D eigenvalue weighted by atomic mass is 10.2. The summed E-state index contributed by atoms with van der Waals surface area (Å²) in [5.74, 6) is -1.16. The normalized spacial score (nSPS) is 11.2. The van der Waals surface area contributed by atoms with Crippen LogP contribution in [-0.2, 0) is 16.6 Å². The summed E-state index contributed by atoms with van der Waals surface area (Å²) >= 11 is 5.93. The third kappa shape index (κ3) is 4.49. The van der Waals surface area contributed by atoms with Gasteiger partial charge < -0.3 is 5.32 Å². The molecule has 3 aromatic rings. The van der Waals surface area contributed by atoms with Crippen molar-refractivity contribution in [1.29, 1.82) is 0 Å². The van der Waals surface area contributed by atoms with E-state index in [1.54, 1.807) is 24.3 Å². The molecule has 10 heteroatoms. The van der Waals surface area contributed by atoms with Gasteiger partial charge in [0.1, 0.15) is 5.82 Å². The molecule has 0 spiro atoms. The van der Waals surface area contributed by atoms with E-state index in [1.165, 1.54) is 12.1 Å². The molecule has 1 aromatic heterocycles. The number of amides is 1. The molecule has 2 aromatic carbocycles. The fourth-order valence-electron chi connectivity index (χ4n) is 2.40. The van der Waals surface area contributed by atoms with Gasteiger partial charge in [0.05, 0.1) is 11.8 Å². The molecule has 1 amide bonds. The van der Waals surface area contributed by atoms with E-state index in [0.29, 0.717) is 11.3 Å². The van der Waals surface area contributed by atoms with Crippen molar-refractivity contribution in [3.63, 3.8) is 0 Å². The van der Waals surface area contributed by atoms with E-state index < -0.39 is 21.7 Å². The Hall–Kier alpha value is -2.91. The van der Waals surface area contributed by atoms with Gasteiger partial charge in [-0.3, -0.25) is 14.6 Å². The molecular weight excluding hydrogens is 407 g/mol. The van der Waals surface area contributed by atoms with Gasteiger partial charge >= 0.3 is 0 Å². The monoisotopic (exact) mass is 422 g/mol. The Morgan fingerprint density at radius 2 is 1.93 bits per heavy atom. The van der Waals surface area contributed by atoms with Crippen LogP contribution in [0.15, 0.2) is 53.7 Å². The highest BCUT2D eigenvalue weighted by Gasteiger charge is 2.25. The molecule has 7 nitrogen and oxygen atoms in total. The molecule has 3 rings (SSSR count). The number of halogens is 2. The molecular formula is C18H16ClFN4O3S. The second-order valence-electron chi connectivity index (χ2n) is 6.00. The number of rotatable bonds is 6. The smallest absolute Gasteiger partial charge is 0.279 e. The molecule has 0 saturated carbocycles. The van der Waals surface area contributed by atoms with Crippen LogP contribution in [0.5, 0.6) is 0 Å². The van der Waals surface area contributed by atoms with Gasteiger partial charge in [0.2, 0.25) is 0 Å². The number of aromatic amines is 1. The molecule has 0 fully saturated rings. The Kier molecular flexibility index (Phi) is 5.66. The number of benzene rings is 2. The molecule has 1 heterocycles. The van der Waals surface area contributed by atoms with Crippen LogP contribution < -0.4 is 10.0 Å². The van der Waals surface area contributed by atoms with Gasteiger partial charge in [-0.15, -0.1) is 0 Å². The topological polar surface area (TPSA) is 104 Å². The van der Waals surface area contributed by atoms with Crippen LogP contribution in [0.4, 0.5) is 10.1 Å². The van der Waals surface area contributed by atoms with E-state index in [1.807, 2.05) is 6.92 Å². The first-order chi connectivity index (χ1) is 13.3. The summed E-state index contributed by atoms with van der Waals surface area (Å²) in [5, 5.41) is 8.34. The van der Waals surface area contributed by atoms with Crippen LogP contribution in [0, 0.1) is 12.7 Å². The highest BCUT2D eigenvalue weighted by Crippen LogP contribution is 2.19. The first-order valence-corrected chi connectivity index (χ1v) is 9.97. The van der Waals surface area contributed by atoms with Crippen LogP contribution in [0.1, 0.15) is 21.5 Å². The Morgan fingerprint density at radius 1 is 1.21 bits per heavy atom. The molecule has 3 N–H and O–H groups in total. The number of hydrogen-bond acceptors (Lipinski definition) is 4. The molecule has 28 heavy (non-hydrogen) atoms. The number of nitrogens with zero attached hydrogens (tertiary/aromatic N) is 1. The fourth-order valence-corrected chi connectivity index (χ4v) is 3.79. The van der Waals surface area contributed by atoms with Crippen molar-refractivity contribution in [2.24, 2.45) is 0 Å². The zero-order valence-corrected chi connectivity index (χ0v) is 16.2. The van der Waals surface area contributed by atoms with Crippen molar-refractivity contribution in [3.8, 4) is 0 Å². The number of anilines is 1. The van der Waals surface area contributed by atoms with Crippen molar-refractivity contribution < 1.29 is 17.6 Å². The molecule has 0 radical (unpaired) electrons. The minimum Gasteiger partial charge on any atom is -0.348 e. The first-order valence-electron chi connectivity index (χ1n) is 8.11. The number of aryl methyl sites for hydroxylation is 1. The van der Waals surface area contributed by atoms with Crippen molar-refractivity contribution in [3.05, 3.63) is 76.2 Å². The minimum absolute atomic E-state index is 0.00595.